The molecule has 0 unspecified atom stereocenters. The summed E-state index contributed by atoms with van der Waals surface area (Å²) in [5.41, 5.74) is 4.43. The highest BCUT2D eigenvalue weighted by Crippen LogP contribution is 2.37. The van der Waals surface area contributed by atoms with E-state index in [1.165, 1.54) is 33.3 Å². The van der Waals surface area contributed by atoms with Gasteiger partial charge in [0.2, 0.25) is 10.0 Å². The topological polar surface area (TPSA) is 83.1 Å². The minimum Gasteiger partial charge on any atom is -0.494 e. The van der Waals surface area contributed by atoms with Crippen molar-refractivity contribution in [3.05, 3.63) is 82.9 Å². The predicted octanol–water partition coefficient (Wildman–Crippen LogP) is 5.77. The van der Waals surface area contributed by atoms with Crippen LogP contribution in [0.25, 0.3) is 10.2 Å². The van der Waals surface area contributed by atoms with Gasteiger partial charge >= 0.3 is 0 Å². The van der Waals surface area contributed by atoms with E-state index in [-0.39, 0.29) is 23.2 Å². The van der Waals surface area contributed by atoms with Crippen molar-refractivity contribution in [2.75, 3.05) is 44.7 Å². The summed E-state index contributed by atoms with van der Waals surface area (Å²) in [6.45, 7) is 9.88. The Labute approximate surface area is 258 Å². The molecule has 0 fully saturated rings. The number of hydrogen-bond donors (Lipinski definition) is 0. The highest BCUT2D eigenvalue weighted by molar-refractivity contribution is 7.89. The van der Waals surface area contributed by atoms with Gasteiger partial charge in [0, 0.05) is 31.7 Å². The number of hydrogen-bond acceptors (Lipinski definition) is 7. The van der Waals surface area contributed by atoms with Gasteiger partial charge in [-0.3, -0.25) is 9.69 Å². The van der Waals surface area contributed by atoms with Crippen molar-refractivity contribution in [3.63, 3.8) is 0 Å². The zero-order chi connectivity index (χ0) is 29.1. The van der Waals surface area contributed by atoms with Gasteiger partial charge in [0.15, 0.2) is 5.13 Å². The van der Waals surface area contributed by atoms with Crippen LogP contribution in [-0.4, -0.2) is 68.3 Å². The summed E-state index contributed by atoms with van der Waals surface area (Å²) < 4.78 is 35.0. The van der Waals surface area contributed by atoms with Gasteiger partial charge in [0.05, 0.1) is 16.7 Å². The third-order valence-corrected chi connectivity index (χ3v) is 10.8. The number of thiazole rings is 1. The Bertz CT molecular complexity index is 1650. The molecule has 1 amide bonds. The van der Waals surface area contributed by atoms with Crippen LogP contribution in [0.1, 0.15) is 40.9 Å². The van der Waals surface area contributed by atoms with Crippen LogP contribution in [0.2, 0.25) is 0 Å². The first kappa shape index (κ1) is 31.9. The Morgan fingerprint density at radius 3 is 2.36 bits per heavy atom. The van der Waals surface area contributed by atoms with Crippen molar-refractivity contribution in [2.45, 2.75) is 38.6 Å². The third kappa shape index (κ3) is 6.33. The van der Waals surface area contributed by atoms with Gasteiger partial charge in [-0.25, -0.2) is 13.4 Å². The molecular weight excluding hydrogens is 592 g/mol. The molecular formula is C31H37ClN4O4S2. The van der Waals surface area contributed by atoms with Gasteiger partial charge < -0.3 is 9.64 Å². The average Bonchev–Trinajstić information content (AvgIpc) is 3.45. The van der Waals surface area contributed by atoms with Crippen molar-refractivity contribution in [1.82, 2.24) is 14.2 Å². The SMILES string of the molecule is CCN(CC)CCN(C(=O)c1ccc(S(=O)(=O)N2CCc3ccccc3C2)cc1)c1nc2c(OC)ccc(C)c2s1.Cl. The van der Waals surface area contributed by atoms with Crippen LogP contribution in [0.4, 0.5) is 5.13 Å². The van der Waals surface area contributed by atoms with E-state index in [0.717, 1.165) is 34.4 Å². The zero-order valence-electron chi connectivity index (χ0n) is 24.4. The molecule has 1 aliphatic heterocycles. The predicted molar refractivity (Wildman–Crippen MR) is 172 cm³/mol. The van der Waals surface area contributed by atoms with Crippen molar-refractivity contribution < 1.29 is 17.9 Å². The highest BCUT2D eigenvalue weighted by Gasteiger charge is 2.29. The first-order chi connectivity index (χ1) is 19.8. The van der Waals surface area contributed by atoms with E-state index < -0.39 is 10.0 Å². The summed E-state index contributed by atoms with van der Waals surface area (Å²) in [5.74, 6) is 0.447. The number of aryl methyl sites for hydroxylation is 1. The number of amides is 1. The van der Waals surface area contributed by atoms with Crippen molar-refractivity contribution >= 4 is 55.0 Å². The molecule has 5 rings (SSSR count). The molecule has 42 heavy (non-hydrogen) atoms. The molecule has 0 atom stereocenters. The van der Waals surface area contributed by atoms with Crippen LogP contribution in [0, 0.1) is 6.92 Å². The summed E-state index contributed by atoms with van der Waals surface area (Å²) in [5, 5.41) is 0.591. The van der Waals surface area contributed by atoms with Crippen molar-refractivity contribution in [2.24, 2.45) is 0 Å². The lowest BCUT2D eigenvalue weighted by molar-refractivity contribution is 0.0983. The van der Waals surface area contributed by atoms with Gasteiger partial charge in [-0.15, -0.1) is 12.4 Å². The zero-order valence-corrected chi connectivity index (χ0v) is 26.8. The van der Waals surface area contributed by atoms with E-state index in [0.29, 0.717) is 49.0 Å². The minimum absolute atomic E-state index is 0. The average molecular weight is 629 g/mol. The Morgan fingerprint density at radius 1 is 1.00 bits per heavy atom. The van der Waals surface area contributed by atoms with E-state index in [1.807, 2.05) is 37.3 Å². The summed E-state index contributed by atoms with van der Waals surface area (Å²) in [6.07, 6.45) is 0.680. The Morgan fingerprint density at radius 2 is 1.69 bits per heavy atom. The number of carbonyl (C=O) groups excluding carboxylic acids is 1. The van der Waals surface area contributed by atoms with Crippen LogP contribution in [0.5, 0.6) is 5.75 Å². The van der Waals surface area contributed by atoms with E-state index in [1.54, 1.807) is 24.1 Å². The van der Waals surface area contributed by atoms with E-state index in [4.69, 9.17) is 9.72 Å². The maximum absolute atomic E-state index is 13.9. The Kier molecular flexibility index (Phi) is 10.3. The first-order valence-corrected chi connectivity index (χ1v) is 16.2. The number of fused-ring (bicyclic) bond motifs is 2. The molecule has 0 aliphatic carbocycles. The summed E-state index contributed by atoms with van der Waals surface area (Å²) >= 11 is 1.46. The molecule has 2 heterocycles. The van der Waals surface area contributed by atoms with Crippen molar-refractivity contribution in [1.29, 1.82) is 0 Å². The Hall–Kier alpha value is -3.02. The molecule has 11 heteroatoms. The summed E-state index contributed by atoms with van der Waals surface area (Å²) in [7, 11) is -2.08. The number of halogens is 1. The molecule has 8 nitrogen and oxygen atoms in total. The largest absolute Gasteiger partial charge is 0.494 e. The number of ether oxygens (including phenoxy) is 1. The van der Waals surface area contributed by atoms with Gasteiger partial charge in [-0.2, -0.15) is 4.31 Å². The van der Waals surface area contributed by atoms with Crippen LogP contribution in [0.15, 0.2) is 65.6 Å². The maximum Gasteiger partial charge on any atom is 0.260 e. The van der Waals surface area contributed by atoms with Crippen LogP contribution >= 0.6 is 23.7 Å². The smallest absolute Gasteiger partial charge is 0.260 e. The number of benzene rings is 3. The third-order valence-electron chi connectivity index (χ3n) is 7.76. The fourth-order valence-electron chi connectivity index (χ4n) is 5.19. The molecule has 0 radical (unpaired) electrons. The molecule has 0 N–H and O–H groups in total. The normalized spacial score (nSPS) is 13.5. The molecule has 0 bridgehead atoms. The lowest BCUT2D eigenvalue weighted by Crippen LogP contribution is -2.39. The lowest BCUT2D eigenvalue weighted by Gasteiger charge is -2.28. The first-order valence-electron chi connectivity index (χ1n) is 13.9. The maximum atomic E-state index is 13.9. The standard InChI is InChI=1S/C31H36N4O4S2.ClH/c1-5-33(6-2)19-20-35(31-32-28-27(39-4)16-11-22(3)29(28)40-31)30(36)24-12-14-26(15-13-24)41(37,38)34-18-17-23-9-7-8-10-25(23)21-34;/h7-16H,5-6,17-21H2,1-4H3;1H. The fourth-order valence-corrected chi connectivity index (χ4v) is 7.69. The fraction of sp³-hybridized carbons (Fsp3) is 0.355. The van der Waals surface area contributed by atoms with Gasteiger partial charge in [0.25, 0.3) is 5.91 Å². The van der Waals surface area contributed by atoms with Crippen LogP contribution in [0.3, 0.4) is 0 Å². The van der Waals surface area contributed by atoms with Gasteiger partial charge in [-0.1, -0.05) is 55.5 Å². The number of methoxy groups -OCH3 is 1. The molecule has 1 aliphatic rings. The molecule has 224 valence electrons. The summed E-state index contributed by atoms with van der Waals surface area (Å²) in [6, 6.07) is 18.1. The van der Waals surface area contributed by atoms with Crippen molar-refractivity contribution in [3.8, 4) is 5.75 Å². The van der Waals surface area contributed by atoms with Gasteiger partial charge in [0.1, 0.15) is 11.3 Å². The number of carbonyl (C=O) groups is 1. The molecule has 3 aromatic carbocycles. The molecule has 4 aromatic rings. The number of nitrogens with zero attached hydrogens (tertiary/aromatic N) is 4. The van der Waals surface area contributed by atoms with Crippen LogP contribution in [-0.2, 0) is 23.0 Å². The molecule has 0 spiro atoms. The van der Waals surface area contributed by atoms with Gasteiger partial charge in [-0.05, 0) is 73.5 Å². The molecule has 1 aromatic heterocycles. The number of sulfonamides is 1. The second-order valence-corrected chi connectivity index (χ2v) is 13.0. The molecule has 0 saturated carbocycles. The number of likely N-dealkylation sites (N-methyl/N-ethyl adjacent to an activating group) is 1. The van der Waals surface area contributed by atoms with E-state index in [2.05, 4.69) is 24.8 Å². The van der Waals surface area contributed by atoms with Crippen LogP contribution < -0.4 is 9.64 Å². The molecule has 0 saturated heterocycles. The monoisotopic (exact) mass is 628 g/mol. The number of aromatic nitrogens is 1. The summed E-state index contributed by atoms with van der Waals surface area (Å²) in [4.78, 5) is 22.9. The highest BCUT2D eigenvalue weighted by atomic mass is 35.5. The quantitative estimate of drug-likeness (QED) is 0.222. The second kappa shape index (κ2) is 13.5. The Balaban J connectivity index is 0.00000405. The van der Waals surface area contributed by atoms with E-state index in [9.17, 15) is 13.2 Å². The lowest BCUT2D eigenvalue weighted by atomic mass is 10.0. The van der Waals surface area contributed by atoms with E-state index >= 15 is 0 Å². The number of rotatable bonds is 10. The minimum atomic E-state index is -3.70. The second-order valence-electron chi connectivity index (χ2n) is 10.1. The number of anilines is 1.